The second-order valence-electron chi connectivity index (χ2n) is 4.29. The van der Waals surface area contributed by atoms with E-state index in [0.717, 1.165) is 15.5 Å². The largest absolute Gasteiger partial charge is 0.383 e. The number of nitrogens with one attached hydrogen (secondary N) is 1. The van der Waals surface area contributed by atoms with Gasteiger partial charge in [-0.25, -0.2) is 0 Å². The van der Waals surface area contributed by atoms with E-state index in [1.165, 1.54) is 44.2 Å². The number of hydrogen-bond donors (Lipinski definition) is 1. The molecule has 0 unspecified atom stereocenters. The fourth-order valence-corrected chi connectivity index (χ4v) is 3.06. The molecule has 1 nitrogen and oxygen atoms in total. The molecule has 1 aromatic carbocycles. The summed E-state index contributed by atoms with van der Waals surface area (Å²) in [6.07, 6.45) is 8.03. The molecular weight excluding hydrogens is 342 g/mol. The predicted molar refractivity (Wildman–Crippen MR) is 83.7 cm³/mol. The summed E-state index contributed by atoms with van der Waals surface area (Å²) >= 11 is 7.12. The highest BCUT2D eigenvalue weighted by Gasteiger charge is 2.02. The van der Waals surface area contributed by atoms with Crippen molar-refractivity contribution in [3.63, 3.8) is 0 Å². The smallest absolute Gasteiger partial charge is 0.0628 e. The number of para-hydroxylation sites is 1. The van der Waals surface area contributed by atoms with Crippen LogP contribution in [0.4, 0.5) is 5.69 Å². The van der Waals surface area contributed by atoms with E-state index in [1.807, 2.05) is 6.07 Å². The summed E-state index contributed by atoms with van der Waals surface area (Å²) in [5, 5.41) is 3.48. The number of halogens is 2. The molecule has 17 heavy (non-hydrogen) atoms. The quantitative estimate of drug-likeness (QED) is 0.560. The third-order valence-corrected chi connectivity index (χ3v) is 4.12. The zero-order valence-corrected chi connectivity index (χ0v) is 13.6. The zero-order valence-electron chi connectivity index (χ0n) is 10.4. The minimum Gasteiger partial charge on any atom is -0.383 e. The lowest BCUT2D eigenvalue weighted by Crippen LogP contribution is -2.02. The third kappa shape index (κ3) is 5.91. The van der Waals surface area contributed by atoms with E-state index in [1.54, 1.807) is 0 Å². The first kappa shape index (κ1) is 15.0. The predicted octanol–water partition coefficient (Wildman–Crippen LogP) is 5.98. The van der Waals surface area contributed by atoms with Crippen LogP contribution in [0.5, 0.6) is 0 Å². The highest BCUT2D eigenvalue weighted by Crippen LogP contribution is 2.30. The van der Waals surface area contributed by atoms with E-state index in [9.17, 15) is 0 Å². The van der Waals surface area contributed by atoms with E-state index in [0.29, 0.717) is 0 Å². The first-order valence-corrected chi connectivity index (χ1v) is 8.02. The molecule has 0 radical (unpaired) electrons. The van der Waals surface area contributed by atoms with Crippen molar-refractivity contribution in [3.05, 3.63) is 27.1 Å². The van der Waals surface area contributed by atoms with E-state index < -0.39 is 0 Å². The Hall–Kier alpha value is -0.0200. The highest BCUT2D eigenvalue weighted by atomic mass is 79.9. The van der Waals surface area contributed by atoms with Gasteiger partial charge in [-0.1, -0.05) is 45.1 Å². The van der Waals surface area contributed by atoms with Gasteiger partial charge in [-0.05, 0) is 50.4 Å². The molecule has 0 heterocycles. The van der Waals surface area contributed by atoms with Crippen molar-refractivity contribution >= 4 is 37.5 Å². The maximum atomic E-state index is 3.56. The fourth-order valence-electron chi connectivity index (χ4n) is 1.79. The molecule has 0 fully saturated rings. The van der Waals surface area contributed by atoms with Gasteiger partial charge in [0.15, 0.2) is 0 Å². The third-order valence-electron chi connectivity index (χ3n) is 2.79. The topological polar surface area (TPSA) is 12.0 Å². The van der Waals surface area contributed by atoms with Crippen LogP contribution in [-0.4, -0.2) is 6.54 Å². The summed E-state index contributed by atoms with van der Waals surface area (Å²) in [6, 6.07) is 6.16. The zero-order chi connectivity index (χ0) is 12.5. The van der Waals surface area contributed by atoms with Crippen molar-refractivity contribution in [2.75, 3.05) is 11.9 Å². The Balaban J connectivity index is 2.18. The summed E-state index contributed by atoms with van der Waals surface area (Å²) in [4.78, 5) is 0. The van der Waals surface area contributed by atoms with E-state index in [2.05, 4.69) is 56.2 Å². The van der Waals surface area contributed by atoms with Crippen LogP contribution in [-0.2, 0) is 0 Å². The van der Waals surface area contributed by atoms with Gasteiger partial charge in [0.2, 0.25) is 0 Å². The molecule has 0 aromatic heterocycles. The van der Waals surface area contributed by atoms with Gasteiger partial charge in [-0.3, -0.25) is 0 Å². The minimum atomic E-state index is 1.05. The van der Waals surface area contributed by atoms with Crippen molar-refractivity contribution in [2.24, 2.45) is 0 Å². The molecule has 0 aliphatic carbocycles. The SMILES string of the molecule is CCCCCCCCNc1c(Br)cccc1Br. The summed E-state index contributed by atoms with van der Waals surface area (Å²) in [6.45, 7) is 3.30. The van der Waals surface area contributed by atoms with Crippen LogP contribution in [0, 0.1) is 0 Å². The van der Waals surface area contributed by atoms with Crippen LogP contribution in [0.25, 0.3) is 0 Å². The van der Waals surface area contributed by atoms with Gasteiger partial charge >= 0.3 is 0 Å². The standard InChI is InChI=1S/C14H21Br2N/c1-2-3-4-5-6-7-11-17-14-12(15)9-8-10-13(14)16/h8-10,17H,2-7,11H2,1H3. The van der Waals surface area contributed by atoms with Crippen LogP contribution in [0.3, 0.4) is 0 Å². The number of benzene rings is 1. The second-order valence-corrected chi connectivity index (χ2v) is 6.00. The average Bonchev–Trinajstić information content (AvgIpc) is 2.31. The molecule has 0 saturated carbocycles. The molecule has 0 saturated heterocycles. The number of anilines is 1. The summed E-state index contributed by atoms with van der Waals surface area (Å²) in [7, 11) is 0. The van der Waals surface area contributed by atoms with Crippen LogP contribution in [0.1, 0.15) is 45.4 Å². The number of hydrogen-bond acceptors (Lipinski definition) is 1. The fraction of sp³-hybridized carbons (Fsp3) is 0.571. The molecule has 0 aliphatic heterocycles. The summed E-state index contributed by atoms with van der Waals surface area (Å²) in [5.74, 6) is 0. The molecule has 1 aromatic rings. The molecule has 0 spiro atoms. The summed E-state index contributed by atoms with van der Waals surface area (Å²) < 4.78 is 2.25. The van der Waals surface area contributed by atoms with Crippen LogP contribution in [0.2, 0.25) is 0 Å². The molecule has 0 bridgehead atoms. The lowest BCUT2D eigenvalue weighted by Gasteiger charge is -2.10. The van der Waals surface area contributed by atoms with Gasteiger partial charge in [0.25, 0.3) is 0 Å². The first-order valence-electron chi connectivity index (χ1n) is 6.43. The van der Waals surface area contributed by atoms with E-state index in [-0.39, 0.29) is 0 Å². The Morgan fingerprint density at radius 2 is 1.53 bits per heavy atom. The Labute approximate surface area is 122 Å². The van der Waals surface area contributed by atoms with Crippen LogP contribution < -0.4 is 5.32 Å². The Morgan fingerprint density at radius 3 is 2.18 bits per heavy atom. The van der Waals surface area contributed by atoms with Gasteiger partial charge < -0.3 is 5.32 Å². The number of unbranched alkanes of at least 4 members (excludes halogenated alkanes) is 5. The average molecular weight is 363 g/mol. The molecule has 3 heteroatoms. The minimum absolute atomic E-state index is 1.05. The maximum Gasteiger partial charge on any atom is 0.0628 e. The van der Waals surface area contributed by atoms with Crippen molar-refractivity contribution in [1.29, 1.82) is 0 Å². The maximum absolute atomic E-state index is 3.56. The van der Waals surface area contributed by atoms with Gasteiger partial charge in [-0.15, -0.1) is 0 Å². The van der Waals surface area contributed by atoms with Crippen LogP contribution in [0.15, 0.2) is 27.1 Å². The first-order chi connectivity index (χ1) is 8.25. The molecule has 1 N–H and O–H groups in total. The summed E-state index contributed by atoms with van der Waals surface area (Å²) in [5.41, 5.74) is 1.17. The van der Waals surface area contributed by atoms with Gasteiger partial charge in [0.05, 0.1) is 5.69 Å². The van der Waals surface area contributed by atoms with Gasteiger partial charge in [0, 0.05) is 15.5 Å². The van der Waals surface area contributed by atoms with E-state index in [4.69, 9.17) is 0 Å². The molecule has 0 amide bonds. The molecular formula is C14H21Br2N. The molecule has 0 aliphatic rings. The molecule has 96 valence electrons. The monoisotopic (exact) mass is 361 g/mol. The van der Waals surface area contributed by atoms with Crippen molar-refractivity contribution < 1.29 is 0 Å². The van der Waals surface area contributed by atoms with Gasteiger partial charge in [0.1, 0.15) is 0 Å². The number of rotatable bonds is 8. The van der Waals surface area contributed by atoms with E-state index >= 15 is 0 Å². The Kier molecular flexibility index (Phi) is 7.95. The highest BCUT2D eigenvalue weighted by molar-refractivity contribution is 9.11. The lowest BCUT2D eigenvalue weighted by atomic mass is 10.1. The van der Waals surface area contributed by atoms with Crippen molar-refractivity contribution in [1.82, 2.24) is 0 Å². The van der Waals surface area contributed by atoms with Gasteiger partial charge in [-0.2, -0.15) is 0 Å². The Morgan fingerprint density at radius 1 is 0.941 bits per heavy atom. The second kappa shape index (κ2) is 8.98. The van der Waals surface area contributed by atoms with Crippen molar-refractivity contribution in [2.45, 2.75) is 45.4 Å². The Bertz CT molecular complexity index is 306. The molecule has 0 atom stereocenters. The lowest BCUT2D eigenvalue weighted by molar-refractivity contribution is 0.617. The molecule has 1 rings (SSSR count). The van der Waals surface area contributed by atoms with Crippen molar-refractivity contribution in [3.8, 4) is 0 Å². The normalized spacial score (nSPS) is 10.5. The van der Waals surface area contributed by atoms with Crippen LogP contribution >= 0.6 is 31.9 Å².